The molecular weight excluding hydrogens is 294 g/mol. The molecule has 0 aromatic heterocycles. The lowest BCUT2D eigenvalue weighted by atomic mass is 9.99. The minimum Gasteiger partial charge on any atom is -0.496 e. The number of carbonyl (C=O) groups is 2. The third kappa shape index (κ3) is 4.34. The van der Waals surface area contributed by atoms with E-state index < -0.39 is 5.97 Å². The molecule has 0 N–H and O–H groups in total. The van der Waals surface area contributed by atoms with E-state index in [0.717, 1.165) is 31.5 Å². The number of methoxy groups -OCH3 is 2. The second kappa shape index (κ2) is 7.81. The predicted molar refractivity (Wildman–Crippen MR) is 88.3 cm³/mol. The van der Waals surface area contributed by atoms with Gasteiger partial charge in [-0.1, -0.05) is 13.0 Å². The van der Waals surface area contributed by atoms with Crippen molar-refractivity contribution < 1.29 is 19.1 Å². The second-order valence-corrected chi connectivity index (χ2v) is 5.79. The molecule has 1 saturated heterocycles. The lowest BCUT2D eigenvalue weighted by Gasteiger charge is -2.29. The third-order valence-electron chi connectivity index (χ3n) is 4.14. The third-order valence-corrected chi connectivity index (χ3v) is 4.14. The molecule has 0 unspecified atom stereocenters. The Kier molecular flexibility index (Phi) is 5.79. The highest BCUT2D eigenvalue weighted by Crippen LogP contribution is 2.22. The zero-order valence-electron chi connectivity index (χ0n) is 13.9. The van der Waals surface area contributed by atoms with Gasteiger partial charge < -0.3 is 14.4 Å². The zero-order chi connectivity index (χ0) is 16.8. The first-order valence-corrected chi connectivity index (χ1v) is 7.78. The largest absolute Gasteiger partial charge is 0.496 e. The number of hydrogen-bond donors (Lipinski definition) is 0. The summed E-state index contributed by atoms with van der Waals surface area (Å²) in [6.07, 6.45) is 5.37. The summed E-state index contributed by atoms with van der Waals surface area (Å²) in [5.74, 6) is 0.679. The number of amides is 1. The molecule has 124 valence electrons. The standard InChI is InChI=1S/C18H23NO4/c1-13-8-10-19(11-9-13)17(20)7-5-14-4-6-16(22-2)15(12-14)18(21)23-3/h4-7,12-13H,8-11H2,1-3H3/b7-5+. The maximum absolute atomic E-state index is 12.2. The Morgan fingerprint density at radius 1 is 1.22 bits per heavy atom. The quantitative estimate of drug-likeness (QED) is 0.633. The lowest BCUT2D eigenvalue weighted by molar-refractivity contribution is -0.127. The van der Waals surface area contributed by atoms with Gasteiger partial charge in [-0.05, 0) is 42.5 Å². The Labute approximate surface area is 136 Å². The fourth-order valence-electron chi connectivity index (χ4n) is 2.60. The van der Waals surface area contributed by atoms with E-state index in [4.69, 9.17) is 9.47 Å². The van der Waals surface area contributed by atoms with Gasteiger partial charge >= 0.3 is 5.97 Å². The van der Waals surface area contributed by atoms with Gasteiger partial charge in [0.25, 0.3) is 0 Å². The van der Waals surface area contributed by atoms with Gasteiger partial charge in [-0.3, -0.25) is 4.79 Å². The first-order chi connectivity index (χ1) is 11.0. The van der Waals surface area contributed by atoms with Crippen LogP contribution < -0.4 is 4.74 Å². The molecule has 1 amide bonds. The molecule has 1 fully saturated rings. The molecule has 1 aromatic carbocycles. The summed E-state index contributed by atoms with van der Waals surface area (Å²) >= 11 is 0. The van der Waals surface area contributed by atoms with Crippen LogP contribution in [0.4, 0.5) is 0 Å². The monoisotopic (exact) mass is 317 g/mol. The zero-order valence-corrected chi connectivity index (χ0v) is 13.9. The van der Waals surface area contributed by atoms with Gasteiger partial charge in [-0.15, -0.1) is 0 Å². The van der Waals surface area contributed by atoms with Crippen LogP contribution >= 0.6 is 0 Å². The minimum absolute atomic E-state index is 0.00679. The average Bonchev–Trinajstić information content (AvgIpc) is 2.59. The van der Waals surface area contributed by atoms with Gasteiger partial charge in [0.2, 0.25) is 5.91 Å². The summed E-state index contributed by atoms with van der Waals surface area (Å²) in [5, 5.41) is 0. The highest BCUT2D eigenvalue weighted by Gasteiger charge is 2.18. The van der Waals surface area contributed by atoms with Crippen LogP contribution in [-0.4, -0.2) is 44.1 Å². The molecule has 0 atom stereocenters. The van der Waals surface area contributed by atoms with Crippen molar-refractivity contribution in [3.05, 3.63) is 35.4 Å². The van der Waals surface area contributed by atoms with Crippen LogP contribution in [0.15, 0.2) is 24.3 Å². The van der Waals surface area contributed by atoms with Gasteiger partial charge in [0.1, 0.15) is 11.3 Å². The van der Waals surface area contributed by atoms with Crippen molar-refractivity contribution >= 4 is 18.0 Å². The van der Waals surface area contributed by atoms with Gasteiger partial charge in [-0.25, -0.2) is 4.79 Å². The van der Waals surface area contributed by atoms with Crippen molar-refractivity contribution in [2.24, 2.45) is 5.92 Å². The van der Waals surface area contributed by atoms with Crippen molar-refractivity contribution in [2.75, 3.05) is 27.3 Å². The molecule has 5 nitrogen and oxygen atoms in total. The molecule has 5 heteroatoms. The van der Waals surface area contributed by atoms with E-state index in [1.807, 2.05) is 4.90 Å². The number of esters is 1. The van der Waals surface area contributed by atoms with E-state index in [2.05, 4.69) is 6.92 Å². The summed E-state index contributed by atoms with van der Waals surface area (Å²) in [4.78, 5) is 25.8. The first kappa shape index (κ1) is 17.1. The van der Waals surface area contributed by atoms with Crippen LogP contribution in [0.5, 0.6) is 5.75 Å². The van der Waals surface area contributed by atoms with E-state index in [9.17, 15) is 9.59 Å². The molecule has 1 aliphatic heterocycles. The average molecular weight is 317 g/mol. The predicted octanol–water partition coefficient (Wildman–Crippen LogP) is 2.75. The van der Waals surface area contributed by atoms with Crippen LogP contribution in [0.25, 0.3) is 6.08 Å². The van der Waals surface area contributed by atoms with Crippen LogP contribution in [0, 0.1) is 5.92 Å². The Morgan fingerprint density at radius 3 is 2.52 bits per heavy atom. The molecule has 1 aromatic rings. The number of ether oxygens (including phenoxy) is 2. The number of piperidine rings is 1. The second-order valence-electron chi connectivity index (χ2n) is 5.79. The first-order valence-electron chi connectivity index (χ1n) is 7.78. The fraction of sp³-hybridized carbons (Fsp3) is 0.444. The van der Waals surface area contributed by atoms with Crippen molar-refractivity contribution in [1.29, 1.82) is 0 Å². The normalized spacial score (nSPS) is 15.7. The summed E-state index contributed by atoms with van der Waals surface area (Å²) < 4.78 is 9.90. The number of hydrogen-bond acceptors (Lipinski definition) is 4. The molecule has 0 spiro atoms. The molecule has 2 rings (SSSR count). The van der Waals surface area contributed by atoms with Crippen molar-refractivity contribution in [3.8, 4) is 5.75 Å². The minimum atomic E-state index is -0.464. The molecule has 0 saturated carbocycles. The van der Waals surface area contributed by atoms with Gasteiger partial charge in [-0.2, -0.15) is 0 Å². The highest BCUT2D eigenvalue weighted by molar-refractivity contribution is 5.95. The van der Waals surface area contributed by atoms with Crippen LogP contribution in [0.2, 0.25) is 0 Å². The molecular formula is C18H23NO4. The van der Waals surface area contributed by atoms with Crippen LogP contribution in [0.1, 0.15) is 35.7 Å². The molecule has 0 bridgehead atoms. The van der Waals surface area contributed by atoms with Crippen LogP contribution in [-0.2, 0) is 9.53 Å². The van der Waals surface area contributed by atoms with Gasteiger partial charge in [0.15, 0.2) is 0 Å². The Morgan fingerprint density at radius 2 is 1.91 bits per heavy atom. The Bertz CT molecular complexity index is 601. The molecule has 0 aliphatic carbocycles. The van der Waals surface area contributed by atoms with E-state index in [1.165, 1.54) is 14.2 Å². The van der Waals surface area contributed by atoms with Crippen molar-refractivity contribution in [1.82, 2.24) is 4.90 Å². The molecule has 0 radical (unpaired) electrons. The summed E-state index contributed by atoms with van der Waals surface area (Å²) in [6.45, 7) is 3.82. The van der Waals surface area contributed by atoms with Gasteiger partial charge in [0, 0.05) is 19.2 Å². The summed E-state index contributed by atoms with van der Waals surface area (Å²) in [7, 11) is 2.82. The van der Waals surface area contributed by atoms with Gasteiger partial charge in [0.05, 0.1) is 14.2 Å². The Balaban J connectivity index is 2.10. The van der Waals surface area contributed by atoms with E-state index >= 15 is 0 Å². The Hall–Kier alpha value is -2.30. The summed E-state index contributed by atoms with van der Waals surface area (Å²) in [6, 6.07) is 5.15. The smallest absolute Gasteiger partial charge is 0.341 e. The maximum atomic E-state index is 12.2. The molecule has 1 heterocycles. The number of benzene rings is 1. The topological polar surface area (TPSA) is 55.8 Å². The van der Waals surface area contributed by atoms with E-state index in [0.29, 0.717) is 17.2 Å². The molecule has 1 aliphatic rings. The van der Waals surface area contributed by atoms with Crippen molar-refractivity contribution in [3.63, 3.8) is 0 Å². The SMILES string of the molecule is COC(=O)c1cc(/C=C/C(=O)N2CCC(C)CC2)ccc1OC. The lowest BCUT2D eigenvalue weighted by Crippen LogP contribution is -2.36. The maximum Gasteiger partial charge on any atom is 0.341 e. The van der Waals surface area contributed by atoms with E-state index in [1.54, 1.807) is 30.4 Å². The van der Waals surface area contributed by atoms with Crippen LogP contribution in [0.3, 0.4) is 0 Å². The van der Waals surface area contributed by atoms with E-state index in [-0.39, 0.29) is 5.91 Å². The number of nitrogens with zero attached hydrogens (tertiary/aromatic N) is 1. The number of carbonyl (C=O) groups excluding carboxylic acids is 2. The van der Waals surface area contributed by atoms with Crippen molar-refractivity contribution in [2.45, 2.75) is 19.8 Å². The fourth-order valence-corrected chi connectivity index (χ4v) is 2.60. The number of rotatable bonds is 4. The summed E-state index contributed by atoms with van der Waals surface area (Å²) in [5.41, 5.74) is 1.10. The molecule has 23 heavy (non-hydrogen) atoms. The highest BCUT2D eigenvalue weighted by atomic mass is 16.5. The number of likely N-dealkylation sites (tertiary alicyclic amines) is 1.